The topological polar surface area (TPSA) is 319 Å². The first-order valence-corrected chi connectivity index (χ1v) is 10.0. The van der Waals surface area contributed by atoms with Gasteiger partial charge >= 0.3 is 81.7 Å². The third-order valence-electron chi connectivity index (χ3n) is 4.28. The van der Waals surface area contributed by atoms with Crippen LogP contribution in [0.1, 0.15) is 62.1 Å². The van der Waals surface area contributed by atoms with Gasteiger partial charge < -0.3 is 76.6 Å². The average molecular weight is 826 g/mol. The number of carbonyl (C=O) groups excluding carboxylic acids is 6. The van der Waals surface area contributed by atoms with E-state index in [0.717, 1.165) is 54.6 Å². The molecule has 0 aliphatic carbocycles. The SMILES string of the molecule is Nc1cc(C(=O)[O-])cc(C(=O)[O-])c1.Nc1cc(C(=O)[O-])cc(C(=O)[O-])c1.Nc1cc(C(=O)[O-])cc(C(=O)[O-])c1.[Nd+3].[Nd+3]. The number of benzene rings is 3. The van der Waals surface area contributed by atoms with E-state index in [0.29, 0.717) is 0 Å². The zero-order chi connectivity index (χ0) is 30.0. The molecule has 0 amide bonds. The van der Waals surface area contributed by atoms with Crippen LogP contribution in [-0.4, -0.2) is 35.8 Å². The van der Waals surface area contributed by atoms with Crippen LogP contribution >= 0.6 is 0 Å². The molecule has 0 aliphatic heterocycles. The number of anilines is 3. The van der Waals surface area contributed by atoms with E-state index in [9.17, 15) is 59.4 Å². The number of nitrogens with two attached hydrogens (primary N) is 3. The third-order valence-corrected chi connectivity index (χ3v) is 4.28. The van der Waals surface area contributed by atoms with Gasteiger partial charge in [0, 0.05) is 17.1 Å². The van der Waals surface area contributed by atoms with Gasteiger partial charge in [-0.1, -0.05) is 0 Å². The fourth-order valence-electron chi connectivity index (χ4n) is 2.66. The molecule has 6 N–H and O–H groups in total. The number of nitrogen functional groups attached to an aromatic ring is 3. The Balaban J connectivity index is 0. The molecule has 0 bridgehead atoms. The van der Waals surface area contributed by atoms with Crippen LogP contribution in [0.5, 0.6) is 0 Å². The molecule has 0 atom stereocenters. The predicted octanol–water partition coefficient (Wildman–Crippen LogP) is -6.01. The van der Waals surface area contributed by atoms with E-state index in [1.807, 2.05) is 0 Å². The van der Waals surface area contributed by atoms with Gasteiger partial charge in [0.1, 0.15) is 0 Å². The van der Waals surface area contributed by atoms with Gasteiger partial charge in [0.15, 0.2) is 0 Å². The van der Waals surface area contributed by atoms with E-state index in [4.69, 9.17) is 17.2 Å². The molecule has 15 nitrogen and oxygen atoms in total. The first-order valence-electron chi connectivity index (χ1n) is 10.0. The molecule has 3 aromatic rings. The van der Waals surface area contributed by atoms with Crippen molar-refractivity contribution in [1.29, 1.82) is 0 Å². The van der Waals surface area contributed by atoms with E-state index in [1.165, 1.54) is 0 Å². The molecule has 0 saturated heterocycles. The molecule has 0 fully saturated rings. The molecule has 206 valence electrons. The summed E-state index contributed by atoms with van der Waals surface area (Å²) in [4.78, 5) is 62.1. The smallest absolute Gasteiger partial charge is 0.545 e. The number of hydrogen-bond acceptors (Lipinski definition) is 15. The molecule has 17 heteroatoms. The van der Waals surface area contributed by atoms with E-state index < -0.39 is 35.8 Å². The van der Waals surface area contributed by atoms with E-state index in [2.05, 4.69) is 0 Å². The van der Waals surface area contributed by atoms with Crippen molar-refractivity contribution in [3.8, 4) is 0 Å². The van der Waals surface area contributed by atoms with Crippen LogP contribution in [0.15, 0.2) is 54.6 Å². The second-order valence-corrected chi connectivity index (χ2v) is 7.26. The molecule has 41 heavy (non-hydrogen) atoms. The summed E-state index contributed by atoms with van der Waals surface area (Å²) in [7, 11) is 0. The fraction of sp³-hybridized carbons (Fsp3) is 0. The summed E-state index contributed by atoms with van der Waals surface area (Å²) < 4.78 is 0. The zero-order valence-corrected chi connectivity index (χ0v) is 26.7. The molecule has 0 heterocycles. The number of carbonyl (C=O) groups is 6. The standard InChI is InChI=1S/3C8H7NO4.2Nd/c3*9-6-2-4(7(10)11)1-5(3-6)8(12)13;;/h3*1-3H,9H2,(H,10,11)(H,12,13);;/q;;;2*+3/p-6. The van der Waals surface area contributed by atoms with Crippen molar-refractivity contribution in [2.24, 2.45) is 0 Å². The fourth-order valence-corrected chi connectivity index (χ4v) is 2.66. The van der Waals surface area contributed by atoms with Gasteiger partial charge in [0.05, 0.1) is 35.8 Å². The molecule has 0 aliphatic rings. The van der Waals surface area contributed by atoms with Crippen LogP contribution in [0.25, 0.3) is 0 Å². The van der Waals surface area contributed by atoms with Crippen molar-refractivity contribution in [3.05, 3.63) is 88.0 Å². The van der Waals surface area contributed by atoms with Gasteiger partial charge in [0.2, 0.25) is 0 Å². The quantitative estimate of drug-likeness (QED) is 0.195. The van der Waals surface area contributed by atoms with Crippen molar-refractivity contribution in [2.45, 2.75) is 0 Å². The number of carboxylic acids is 6. The Bertz CT molecular complexity index is 1210. The minimum absolute atomic E-state index is 0. The third kappa shape index (κ3) is 13.7. The Labute approximate surface area is 296 Å². The van der Waals surface area contributed by atoms with Crippen LogP contribution in [0.3, 0.4) is 0 Å². The van der Waals surface area contributed by atoms with E-state index >= 15 is 0 Å². The van der Waals surface area contributed by atoms with E-state index in [1.54, 1.807) is 0 Å². The van der Waals surface area contributed by atoms with Crippen LogP contribution in [0.4, 0.5) is 17.1 Å². The Kier molecular flexibility index (Phi) is 17.5. The van der Waals surface area contributed by atoms with Crippen LogP contribution in [0, 0.1) is 81.7 Å². The summed E-state index contributed by atoms with van der Waals surface area (Å²) in [6, 6.07) is 9.47. The maximum atomic E-state index is 10.3. The number of carboxylic acid groups (broad SMARTS) is 6. The Morgan fingerprint density at radius 2 is 0.463 bits per heavy atom. The summed E-state index contributed by atoms with van der Waals surface area (Å²) in [5.41, 5.74) is 14.2. The second-order valence-electron chi connectivity index (χ2n) is 7.26. The van der Waals surface area contributed by atoms with Crippen LogP contribution in [0.2, 0.25) is 0 Å². The Morgan fingerprint density at radius 1 is 0.341 bits per heavy atom. The molecule has 0 aromatic heterocycles. The number of aromatic carboxylic acids is 6. The van der Waals surface area contributed by atoms with Crippen LogP contribution in [-0.2, 0) is 0 Å². The first-order chi connectivity index (χ1) is 18.0. The molecule has 3 rings (SSSR count). The number of hydrogen-bond donors (Lipinski definition) is 3. The normalized spacial score (nSPS) is 9.07. The summed E-state index contributed by atoms with van der Waals surface area (Å²) in [6.45, 7) is 0. The Hall–Kier alpha value is -3.42. The average Bonchev–Trinajstić information content (AvgIpc) is 2.83. The zero-order valence-electron chi connectivity index (χ0n) is 20.3. The first kappa shape index (κ1) is 39.7. The number of rotatable bonds is 6. The van der Waals surface area contributed by atoms with E-state index in [-0.39, 0.29) is 132 Å². The van der Waals surface area contributed by atoms with Crippen molar-refractivity contribution < 1.29 is 141 Å². The minimum atomic E-state index is -1.48. The molecular formula is C24H15N3Nd2O12. The molecule has 0 spiro atoms. The molecule has 0 unspecified atom stereocenters. The van der Waals surface area contributed by atoms with Crippen LogP contribution < -0.4 is 47.8 Å². The maximum absolute atomic E-state index is 10.3. The molecule has 3 aromatic carbocycles. The van der Waals surface area contributed by atoms with Gasteiger partial charge in [-0.3, -0.25) is 0 Å². The second kappa shape index (κ2) is 18.1. The molecular weight excluding hydrogens is 811 g/mol. The van der Waals surface area contributed by atoms with Gasteiger partial charge in [-0.05, 0) is 88.0 Å². The minimum Gasteiger partial charge on any atom is -0.545 e. The van der Waals surface area contributed by atoms with Gasteiger partial charge in [0.25, 0.3) is 0 Å². The maximum Gasteiger partial charge on any atom is 3.00 e. The van der Waals surface area contributed by atoms with Crippen molar-refractivity contribution in [2.75, 3.05) is 17.2 Å². The monoisotopic (exact) mass is 821 g/mol. The summed E-state index contributed by atoms with van der Waals surface area (Å²) >= 11 is 0. The molecule has 0 saturated carbocycles. The van der Waals surface area contributed by atoms with Gasteiger partial charge in [-0.25, -0.2) is 0 Å². The van der Waals surface area contributed by atoms with Crippen molar-refractivity contribution in [1.82, 2.24) is 0 Å². The predicted molar refractivity (Wildman–Crippen MR) is 119 cm³/mol. The Morgan fingerprint density at radius 3 is 0.561 bits per heavy atom. The van der Waals surface area contributed by atoms with Crippen molar-refractivity contribution >= 4 is 52.9 Å². The molecule has 2 radical (unpaired) electrons. The largest absolute Gasteiger partial charge is 3.00 e. The summed E-state index contributed by atoms with van der Waals surface area (Å²) in [5.74, 6) is -8.86. The van der Waals surface area contributed by atoms with Crippen molar-refractivity contribution in [3.63, 3.8) is 0 Å². The van der Waals surface area contributed by atoms with Gasteiger partial charge in [-0.2, -0.15) is 0 Å². The summed E-state index contributed by atoms with van der Waals surface area (Å²) in [5, 5.41) is 62.1. The summed E-state index contributed by atoms with van der Waals surface area (Å²) in [6.07, 6.45) is 0. The van der Waals surface area contributed by atoms with Gasteiger partial charge in [-0.15, -0.1) is 0 Å².